The van der Waals surface area contributed by atoms with Gasteiger partial charge in [-0.05, 0) is 47.3 Å². The topological polar surface area (TPSA) is 85.2 Å². The molecule has 0 spiro atoms. The lowest BCUT2D eigenvalue weighted by Crippen LogP contribution is -2.32. The van der Waals surface area contributed by atoms with Gasteiger partial charge in [0.05, 0.1) is 16.9 Å². The number of anilines is 3. The Kier molecular flexibility index (Phi) is 5.02. The molecule has 0 saturated heterocycles. The van der Waals surface area contributed by atoms with Gasteiger partial charge < -0.3 is 11.5 Å². The first-order valence-electron chi connectivity index (χ1n) is 8.85. The average molecular weight is 446 g/mol. The number of rotatable bonds is 3. The van der Waals surface area contributed by atoms with E-state index in [1.54, 1.807) is 17.6 Å². The smallest absolute Gasteiger partial charge is 0.383 e. The van der Waals surface area contributed by atoms with E-state index in [0.717, 1.165) is 22.9 Å². The van der Waals surface area contributed by atoms with E-state index in [2.05, 4.69) is 4.98 Å². The SMILES string of the molecule is NC(=O)N(c1cccc(C(F)(F)F)c1)c1ccc(-c2csc3ccnc(N)c23)cc1F. The van der Waals surface area contributed by atoms with Crippen molar-refractivity contribution >= 4 is 44.6 Å². The fraction of sp³-hybridized carbons (Fsp3) is 0.0476. The zero-order valence-electron chi connectivity index (χ0n) is 15.7. The van der Waals surface area contributed by atoms with E-state index in [1.165, 1.54) is 35.6 Å². The van der Waals surface area contributed by atoms with Crippen LogP contribution in [0.3, 0.4) is 0 Å². The predicted molar refractivity (Wildman–Crippen MR) is 113 cm³/mol. The van der Waals surface area contributed by atoms with Gasteiger partial charge in [0.25, 0.3) is 0 Å². The van der Waals surface area contributed by atoms with Crippen molar-refractivity contribution in [2.24, 2.45) is 5.73 Å². The van der Waals surface area contributed by atoms with Crippen LogP contribution in [0.1, 0.15) is 5.56 Å². The summed E-state index contributed by atoms with van der Waals surface area (Å²) in [5.74, 6) is -0.545. The summed E-state index contributed by atoms with van der Waals surface area (Å²) >= 11 is 1.41. The van der Waals surface area contributed by atoms with Gasteiger partial charge in [-0.3, -0.25) is 4.90 Å². The van der Waals surface area contributed by atoms with Gasteiger partial charge in [-0.25, -0.2) is 14.2 Å². The first-order chi connectivity index (χ1) is 14.7. The van der Waals surface area contributed by atoms with E-state index >= 15 is 4.39 Å². The molecule has 0 bridgehead atoms. The second kappa shape index (κ2) is 7.55. The summed E-state index contributed by atoms with van der Waals surface area (Å²) in [6.45, 7) is 0. The van der Waals surface area contributed by atoms with Crippen molar-refractivity contribution in [3.63, 3.8) is 0 Å². The Morgan fingerprint density at radius 2 is 1.87 bits per heavy atom. The molecular formula is C21H14F4N4OS. The monoisotopic (exact) mass is 446 g/mol. The molecule has 4 rings (SSSR count). The van der Waals surface area contributed by atoms with Crippen molar-refractivity contribution in [1.29, 1.82) is 0 Å². The molecule has 0 aliphatic heterocycles. The number of carbonyl (C=O) groups is 1. The minimum Gasteiger partial charge on any atom is -0.383 e. The van der Waals surface area contributed by atoms with Gasteiger partial charge >= 0.3 is 12.2 Å². The maximum atomic E-state index is 15.1. The number of hydrogen-bond donors (Lipinski definition) is 2. The molecule has 2 aromatic heterocycles. The van der Waals surface area contributed by atoms with Gasteiger partial charge in [-0.15, -0.1) is 11.3 Å². The summed E-state index contributed by atoms with van der Waals surface area (Å²) in [7, 11) is 0. The molecule has 2 aromatic carbocycles. The Bertz CT molecular complexity index is 1300. The maximum Gasteiger partial charge on any atom is 0.416 e. The lowest BCUT2D eigenvalue weighted by Gasteiger charge is -2.22. The van der Waals surface area contributed by atoms with Gasteiger partial charge in [0.2, 0.25) is 0 Å². The molecule has 0 unspecified atom stereocenters. The van der Waals surface area contributed by atoms with Crippen LogP contribution in [0, 0.1) is 5.82 Å². The molecule has 0 radical (unpaired) electrons. The number of urea groups is 1. The molecule has 158 valence electrons. The summed E-state index contributed by atoms with van der Waals surface area (Å²) in [6.07, 6.45) is -3.06. The first kappa shape index (κ1) is 20.6. The van der Waals surface area contributed by atoms with Gasteiger partial charge in [0.15, 0.2) is 0 Å². The molecule has 4 N–H and O–H groups in total. The van der Waals surface area contributed by atoms with Gasteiger partial charge in [-0.2, -0.15) is 13.2 Å². The van der Waals surface area contributed by atoms with Crippen LogP contribution in [0.4, 0.5) is 39.5 Å². The van der Waals surface area contributed by atoms with Crippen molar-refractivity contribution < 1.29 is 22.4 Å². The zero-order valence-corrected chi connectivity index (χ0v) is 16.5. The minimum absolute atomic E-state index is 0.205. The number of amides is 2. The third-order valence-electron chi connectivity index (χ3n) is 4.67. The molecule has 0 atom stereocenters. The van der Waals surface area contributed by atoms with E-state index in [4.69, 9.17) is 11.5 Å². The molecule has 2 heterocycles. The van der Waals surface area contributed by atoms with Crippen LogP contribution in [-0.2, 0) is 6.18 Å². The quantitative estimate of drug-likeness (QED) is 0.383. The van der Waals surface area contributed by atoms with E-state index in [-0.39, 0.29) is 11.4 Å². The van der Waals surface area contributed by atoms with Crippen LogP contribution in [0.25, 0.3) is 21.2 Å². The summed E-state index contributed by atoms with van der Waals surface area (Å²) in [5.41, 5.74) is 11.0. The Morgan fingerprint density at radius 1 is 1.10 bits per heavy atom. The van der Waals surface area contributed by atoms with Crippen molar-refractivity contribution in [2.75, 3.05) is 10.6 Å². The maximum absolute atomic E-state index is 15.1. The highest BCUT2D eigenvalue weighted by atomic mass is 32.1. The third kappa shape index (κ3) is 3.77. The number of thiophene rings is 1. The fourth-order valence-corrected chi connectivity index (χ4v) is 4.25. The number of nitrogen functional groups attached to an aromatic ring is 1. The summed E-state index contributed by atoms with van der Waals surface area (Å²) < 4.78 is 55.1. The van der Waals surface area contributed by atoms with Crippen molar-refractivity contribution in [3.8, 4) is 11.1 Å². The highest BCUT2D eigenvalue weighted by Crippen LogP contribution is 2.39. The predicted octanol–water partition coefficient (Wildman–Crippen LogP) is 5.92. The molecule has 2 amide bonds. The standard InChI is InChI=1S/C21H14F4N4OS/c22-15-8-11(14-10-31-17-6-7-28-19(26)18(14)17)4-5-16(15)29(20(27)30)13-3-1-2-12(9-13)21(23,24)25/h1-10H,(H2,26,28)(H2,27,30). The van der Waals surface area contributed by atoms with Crippen molar-refractivity contribution in [2.45, 2.75) is 6.18 Å². The zero-order chi connectivity index (χ0) is 22.3. The number of carbonyl (C=O) groups excluding carboxylic acids is 1. The van der Waals surface area contributed by atoms with Crippen molar-refractivity contribution in [1.82, 2.24) is 4.98 Å². The highest BCUT2D eigenvalue weighted by Gasteiger charge is 2.31. The molecule has 0 saturated carbocycles. The molecule has 4 aromatic rings. The normalized spacial score (nSPS) is 11.6. The lowest BCUT2D eigenvalue weighted by atomic mass is 10.0. The third-order valence-corrected chi connectivity index (χ3v) is 5.61. The number of halogens is 4. The Labute approximate surface area is 177 Å². The van der Waals surface area contributed by atoms with Crippen LogP contribution in [0.5, 0.6) is 0 Å². The highest BCUT2D eigenvalue weighted by molar-refractivity contribution is 7.17. The van der Waals surface area contributed by atoms with Crippen molar-refractivity contribution in [3.05, 3.63) is 71.5 Å². The number of alkyl halides is 3. The van der Waals surface area contributed by atoms with Crippen LogP contribution in [0.2, 0.25) is 0 Å². The van der Waals surface area contributed by atoms with Crippen LogP contribution < -0.4 is 16.4 Å². The van der Waals surface area contributed by atoms with E-state index < -0.39 is 23.6 Å². The van der Waals surface area contributed by atoms with Crippen LogP contribution in [-0.4, -0.2) is 11.0 Å². The molecule has 0 aliphatic rings. The number of fused-ring (bicyclic) bond motifs is 1. The number of pyridine rings is 1. The number of hydrogen-bond acceptors (Lipinski definition) is 4. The number of aromatic nitrogens is 1. The number of nitrogens with zero attached hydrogens (tertiary/aromatic N) is 2. The van der Waals surface area contributed by atoms with Gasteiger partial charge in [0, 0.05) is 21.8 Å². The molecule has 31 heavy (non-hydrogen) atoms. The molecular weight excluding hydrogens is 432 g/mol. The Balaban J connectivity index is 1.80. The lowest BCUT2D eigenvalue weighted by molar-refractivity contribution is -0.137. The van der Waals surface area contributed by atoms with Gasteiger partial charge in [0.1, 0.15) is 11.6 Å². The Morgan fingerprint density at radius 3 is 2.55 bits per heavy atom. The van der Waals surface area contributed by atoms with E-state index in [9.17, 15) is 18.0 Å². The number of primary amides is 1. The van der Waals surface area contributed by atoms with E-state index in [1.807, 2.05) is 0 Å². The summed E-state index contributed by atoms with van der Waals surface area (Å²) in [4.78, 5) is 16.8. The average Bonchev–Trinajstić information content (AvgIpc) is 3.14. The molecule has 5 nitrogen and oxygen atoms in total. The van der Waals surface area contributed by atoms with Crippen LogP contribution in [0.15, 0.2) is 60.1 Å². The molecule has 0 fully saturated rings. The summed E-state index contributed by atoms with van der Waals surface area (Å²) in [6, 6.07) is 8.60. The Hall–Kier alpha value is -3.66. The van der Waals surface area contributed by atoms with Gasteiger partial charge in [-0.1, -0.05) is 12.1 Å². The van der Waals surface area contributed by atoms with Crippen LogP contribution >= 0.6 is 11.3 Å². The number of nitrogens with two attached hydrogens (primary N) is 2. The number of benzene rings is 2. The summed E-state index contributed by atoms with van der Waals surface area (Å²) in [5, 5.41) is 2.47. The van der Waals surface area contributed by atoms with E-state index in [0.29, 0.717) is 27.2 Å². The first-order valence-corrected chi connectivity index (χ1v) is 9.73. The second-order valence-electron chi connectivity index (χ2n) is 6.61. The molecule has 0 aliphatic carbocycles. The fourth-order valence-electron chi connectivity index (χ4n) is 3.28. The second-order valence-corrected chi connectivity index (χ2v) is 7.52. The largest absolute Gasteiger partial charge is 0.416 e. The minimum atomic E-state index is -4.63. The molecule has 10 heteroatoms.